The third-order valence-electron chi connectivity index (χ3n) is 2.93. The van der Waals surface area contributed by atoms with Gasteiger partial charge in [0.25, 0.3) is 5.91 Å². The van der Waals surface area contributed by atoms with Gasteiger partial charge in [0.1, 0.15) is 5.69 Å². The Labute approximate surface area is 117 Å². The molecule has 4 nitrogen and oxygen atoms in total. The number of nitrogens with zero attached hydrogens (tertiary/aromatic N) is 2. The summed E-state index contributed by atoms with van der Waals surface area (Å²) >= 11 is 0. The van der Waals surface area contributed by atoms with E-state index in [1.807, 2.05) is 33.8 Å². The molecule has 19 heavy (non-hydrogen) atoms. The highest BCUT2D eigenvalue weighted by Crippen LogP contribution is 2.03. The van der Waals surface area contributed by atoms with Crippen molar-refractivity contribution in [2.24, 2.45) is 5.73 Å². The number of carbonyl (C=O) groups is 1. The molecule has 2 N–H and O–H groups in total. The fraction of sp³-hybridized carbons (Fsp3) is 0.600. The van der Waals surface area contributed by atoms with Crippen LogP contribution in [0.15, 0.2) is 12.1 Å². The topological polar surface area (TPSA) is 59.2 Å². The van der Waals surface area contributed by atoms with E-state index in [9.17, 15) is 4.79 Å². The van der Waals surface area contributed by atoms with Gasteiger partial charge in [0.2, 0.25) is 0 Å². The minimum Gasteiger partial charge on any atom is -0.364 e. The van der Waals surface area contributed by atoms with Crippen LogP contribution >= 0.6 is 0 Å². The maximum Gasteiger partial charge on any atom is 0.267 e. The van der Waals surface area contributed by atoms with E-state index < -0.39 is 5.91 Å². The lowest BCUT2D eigenvalue weighted by Crippen LogP contribution is -2.13. The normalized spacial score (nSPS) is 13.9. The molecular weight excluding hydrogens is 238 g/mol. The number of hydrogen-bond donors (Lipinski definition) is 1. The number of carbonyl (C=O) groups excluding carboxylic acids is 1. The van der Waals surface area contributed by atoms with Crippen LogP contribution < -0.4 is 5.73 Å². The van der Waals surface area contributed by atoms with E-state index >= 15 is 0 Å². The molecule has 108 valence electrons. The summed E-state index contributed by atoms with van der Waals surface area (Å²) in [7, 11) is 2.17. The van der Waals surface area contributed by atoms with Crippen LogP contribution in [0.5, 0.6) is 0 Å². The molecule has 0 aliphatic carbocycles. The Balaban J connectivity index is 0.000000341. The van der Waals surface area contributed by atoms with Crippen molar-refractivity contribution in [3.05, 3.63) is 29.1 Å². The molecule has 1 aromatic heterocycles. The lowest BCUT2D eigenvalue weighted by molar-refractivity contribution is 0.0995. The molecule has 1 fully saturated rings. The summed E-state index contributed by atoms with van der Waals surface area (Å²) in [6.07, 6.45) is 2.83. The Hall–Kier alpha value is -1.42. The maximum absolute atomic E-state index is 10.6. The van der Waals surface area contributed by atoms with Crippen molar-refractivity contribution >= 4 is 5.91 Å². The molecule has 1 aliphatic rings. The second kappa shape index (κ2) is 9.50. The van der Waals surface area contributed by atoms with Crippen molar-refractivity contribution in [1.82, 2.24) is 9.88 Å². The first-order valence-electron chi connectivity index (χ1n) is 6.93. The number of rotatable bonds is 1. The summed E-state index contributed by atoms with van der Waals surface area (Å²) in [6, 6.07) is 3.47. The molecule has 1 aromatic rings. The quantitative estimate of drug-likeness (QED) is 0.849. The highest BCUT2D eigenvalue weighted by atomic mass is 16.1. The average molecular weight is 265 g/mol. The first-order chi connectivity index (χ1) is 9.00. The standard InChI is InChI=1S/C8H10N2O.C5H11N.C2H6/c1-5-3-4-7(8(9)11)10-6(5)2;1-6-4-2-3-5-6;1-2/h3-4H,1-2H3,(H2,9,11);2-5H2,1H3;1-2H3. The average Bonchev–Trinajstić information content (AvgIpc) is 2.87. The number of nitrogens with two attached hydrogens (primary N) is 1. The smallest absolute Gasteiger partial charge is 0.267 e. The maximum atomic E-state index is 10.6. The number of pyridine rings is 1. The van der Waals surface area contributed by atoms with Crippen LogP contribution in [0.3, 0.4) is 0 Å². The molecule has 0 radical (unpaired) electrons. The van der Waals surface area contributed by atoms with Gasteiger partial charge in [-0.15, -0.1) is 0 Å². The molecule has 1 aliphatic heterocycles. The van der Waals surface area contributed by atoms with Gasteiger partial charge in [-0.2, -0.15) is 0 Å². The van der Waals surface area contributed by atoms with Gasteiger partial charge in [0.15, 0.2) is 0 Å². The van der Waals surface area contributed by atoms with Crippen molar-refractivity contribution in [3.8, 4) is 0 Å². The molecule has 0 bridgehead atoms. The largest absolute Gasteiger partial charge is 0.364 e. The SMILES string of the molecule is CC.CN1CCCC1.Cc1ccc(C(N)=O)nc1C. The first-order valence-corrected chi connectivity index (χ1v) is 6.93. The van der Waals surface area contributed by atoms with Crippen molar-refractivity contribution in [3.63, 3.8) is 0 Å². The van der Waals surface area contributed by atoms with Gasteiger partial charge in [0.05, 0.1) is 0 Å². The predicted octanol–water partition coefficient (Wildman–Crippen LogP) is 2.54. The summed E-state index contributed by atoms with van der Waals surface area (Å²) in [6.45, 7) is 10.4. The van der Waals surface area contributed by atoms with Crippen LogP contribution in [0.4, 0.5) is 0 Å². The summed E-state index contributed by atoms with van der Waals surface area (Å²) in [5.74, 6) is -0.479. The fourth-order valence-corrected chi connectivity index (χ4v) is 1.64. The van der Waals surface area contributed by atoms with E-state index in [1.54, 1.807) is 6.07 Å². The molecule has 4 heteroatoms. The van der Waals surface area contributed by atoms with Crippen molar-refractivity contribution in [2.45, 2.75) is 40.5 Å². The second-order valence-corrected chi connectivity index (χ2v) is 4.47. The van der Waals surface area contributed by atoms with Crippen molar-refractivity contribution in [2.75, 3.05) is 20.1 Å². The highest BCUT2D eigenvalue weighted by Gasteiger charge is 2.03. The Morgan fingerprint density at radius 3 is 2.05 bits per heavy atom. The van der Waals surface area contributed by atoms with Crippen LogP contribution in [0.25, 0.3) is 0 Å². The monoisotopic (exact) mass is 265 g/mol. The van der Waals surface area contributed by atoms with E-state index in [0.717, 1.165) is 11.3 Å². The number of aromatic nitrogens is 1. The fourth-order valence-electron chi connectivity index (χ4n) is 1.64. The van der Waals surface area contributed by atoms with E-state index in [-0.39, 0.29) is 0 Å². The number of amides is 1. The van der Waals surface area contributed by atoms with Gasteiger partial charge in [0, 0.05) is 5.69 Å². The second-order valence-electron chi connectivity index (χ2n) is 4.47. The minimum atomic E-state index is -0.479. The van der Waals surface area contributed by atoms with Crippen LogP contribution in [-0.4, -0.2) is 35.9 Å². The third kappa shape index (κ3) is 6.91. The highest BCUT2D eigenvalue weighted by molar-refractivity contribution is 5.90. The molecule has 0 unspecified atom stereocenters. The molecular formula is C15H27N3O. The summed E-state index contributed by atoms with van der Waals surface area (Å²) < 4.78 is 0. The Bertz CT molecular complexity index is 385. The molecule has 0 spiro atoms. The van der Waals surface area contributed by atoms with Crippen LogP contribution in [-0.2, 0) is 0 Å². The molecule has 0 saturated carbocycles. The zero-order chi connectivity index (χ0) is 14.8. The van der Waals surface area contributed by atoms with Crippen molar-refractivity contribution < 1.29 is 4.79 Å². The van der Waals surface area contributed by atoms with Crippen LogP contribution in [0, 0.1) is 13.8 Å². The number of hydrogen-bond acceptors (Lipinski definition) is 3. The molecule has 2 heterocycles. The zero-order valence-electron chi connectivity index (χ0n) is 12.9. The van der Waals surface area contributed by atoms with Gasteiger partial charge >= 0.3 is 0 Å². The summed E-state index contributed by atoms with van der Waals surface area (Å²) in [5.41, 5.74) is 7.27. The predicted molar refractivity (Wildman–Crippen MR) is 80.3 cm³/mol. The van der Waals surface area contributed by atoms with Crippen molar-refractivity contribution in [1.29, 1.82) is 0 Å². The molecule has 2 rings (SSSR count). The molecule has 0 atom stereocenters. The van der Waals surface area contributed by atoms with E-state index in [4.69, 9.17) is 5.73 Å². The van der Waals surface area contributed by atoms with Gasteiger partial charge < -0.3 is 10.6 Å². The first kappa shape index (κ1) is 17.6. The summed E-state index contributed by atoms with van der Waals surface area (Å²) in [4.78, 5) is 17.0. The van der Waals surface area contributed by atoms with E-state index in [2.05, 4.69) is 16.9 Å². The number of primary amides is 1. The van der Waals surface area contributed by atoms with Gasteiger partial charge in [-0.05, 0) is 58.5 Å². The minimum absolute atomic E-state index is 0.327. The molecule has 1 amide bonds. The molecule has 0 aromatic carbocycles. The van der Waals surface area contributed by atoms with Gasteiger partial charge in [-0.25, -0.2) is 4.98 Å². The summed E-state index contributed by atoms with van der Waals surface area (Å²) in [5, 5.41) is 0. The Morgan fingerprint density at radius 2 is 1.74 bits per heavy atom. The van der Waals surface area contributed by atoms with E-state index in [1.165, 1.54) is 25.9 Å². The molecule has 1 saturated heterocycles. The zero-order valence-corrected chi connectivity index (χ0v) is 12.9. The van der Waals surface area contributed by atoms with Crippen LogP contribution in [0.2, 0.25) is 0 Å². The Morgan fingerprint density at radius 1 is 1.21 bits per heavy atom. The number of aryl methyl sites for hydroxylation is 2. The Kier molecular flexibility index (Phi) is 8.79. The van der Waals surface area contributed by atoms with Crippen LogP contribution in [0.1, 0.15) is 48.4 Å². The van der Waals surface area contributed by atoms with Gasteiger partial charge in [-0.1, -0.05) is 19.9 Å². The third-order valence-corrected chi connectivity index (χ3v) is 2.93. The van der Waals surface area contributed by atoms with Gasteiger partial charge in [-0.3, -0.25) is 4.79 Å². The lowest BCUT2D eigenvalue weighted by Gasteiger charge is -2.01. The number of likely N-dealkylation sites (tertiary alicyclic amines) is 1. The van der Waals surface area contributed by atoms with E-state index in [0.29, 0.717) is 5.69 Å². The lowest BCUT2D eigenvalue weighted by atomic mass is 10.2.